The minimum absolute atomic E-state index is 0.302. The number of rotatable bonds is 5. The highest BCUT2D eigenvalue weighted by atomic mass is 19.1. The highest BCUT2D eigenvalue weighted by Gasteiger charge is 2.27. The minimum Gasteiger partial charge on any atom is -0.374 e. The van der Waals surface area contributed by atoms with Crippen molar-refractivity contribution >= 4 is 0 Å². The second-order valence-electron chi connectivity index (χ2n) is 4.82. The highest BCUT2D eigenvalue weighted by Crippen LogP contribution is 2.36. The molecular formula is C17H18F2O2. The fourth-order valence-corrected chi connectivity index (χ4v) is 2.46. The Kier molecular flexibility index (Phi) is 5.04. The molecule has 0 radical (unpaired) electrons. The summed E-state index contributed by atoms with van der Waals surface area (Å²) in [5.74, 6) is -0.649. The summed E-state index contributed by atoms with van der Waals surface area (Å²) in [5, 5.41) is 0. The Morgan fingerprint density at radius 2 is 1.57 bits per heavy atom. The van der Waals surface area contributed by atoms with Gasteiger partial charge in [-0.2, -0.15) is 0 Å². The molecule has 2 nitrogen and oxygen atoms in total. The molecule has 2 atom stereocenters. The number of hydrogen-bond donors (Lipinski definition) is 0. The van der Waals surface area contributed by atoms with Crippen molar-refractivity contribution in [1.82, 2.24) is 0 Å². The van der Waals surface area contributed by atoms with Crippen molar-refractivity contribution in [1.29, 1.82) is 0 Å². The first-order chi connectivity index (χ1) is 10.1. The van der Waals surface area contributed by atoms with Crippen molar-refractivity contribution in [3.63, 3.8) is 0 Å². The lowest BCUT2D eigenvalue weighted by atomic mass is 9.94. The van der Waals surface area contributed by atoms with E-state index < -0.39 is 12.2 Å². The van der Waals surface area contributed by atoms with E-state index in [-0.39, 0.29) is 11.6 Å². The second-order valence-corrected chi connectivity index (χ2v) is 4.82. The maximum atomic E-state index is 13.8. The molecule has 0 unspecified atom stereocenters. The summed E-state index contributed by atoms with van der Waals surface area (Å²) in [6, 6.07) is 11.0. The molecule has 2 aromatic carbocycles. The molecule has 2 rings (SSSR count). The third-order valence-corrected chi connectivity index (χ3v) is 3.58. The van der Waals surface area contributed by atoms with Crippen LogP contribution in [0.4, 0.5) is 8.78 Å². The van der Waals surface area contributed by atoms with E-state index in [1.54, 1.807) is 31.2 Å². The van der Waals surface area contributed by atoms with Crippen molar-refractivity contribution < 1.29 is 18.3 Å². The average Bonchev–Trinajstić information content (AvgIpc) is 2.48. The first-order valence-electron chi connectivity index (χ1n) is 6.64. The van der Waals surface area contributed by atoms with Crippen LogP contribution < -0.4 is 0 Å². The van der Waals surface area contributed by atoms with Crippen LogP contribution in [0.25, 0.3) is 0 Å². The Balaban J connectivity index is 2.45. The van der Waals surface area contributed by atoms with E-state index >= 15 is 0 Å². The molecule has 0 fully saturated rings. The molecule has 0 aliphatic carbocycles. The van der Waals surface area contributed by atoms with Gasteiger partial charge in [0.2, 0.25) is 0 Å². The van der Waals surface area contributed by atoms with Crippen molar-refractivity contribution in [2.75, 3.05) is 14.2 Å². The van der Waals surface area contributed by atoms with Crippen molar-refractivity contribution in [2.24, 2.45) is 0 Å². The Morgan fingerprint density at radius 1 is 0.905 bits per heavy atom. The Bertz CT molecular complexity index is 613. The molecule has 0 spiro atoms. The van der Waals surface area contributed by atoms with Gasteiger partial charge in [0.15, 0.2) is 0 Å². The fraction of sp³-hybridized carbons (Fsp3) is 0.294. The van der Waals surface area contributed by atoms with Crippen LogP contribution in [0.15, 0.2) is 42.5 Å². The summed E-state index contributed by atoms with van der Waals surface area (Å²) in [4.78, 5) is 0. The lowest BCUT2D eigenvalue weighted by molar-refractivity contribution is -0.0402. The van der Waals surface area contributed by atoms with Crippen molar-refractivity contribution in [3.8, 4) is 0 Å². The summed E-state index contributed by atoms with van der Waals surface area (Å²) in [6.07, 6.45) is -1.04. The van der Waals surface area contributed by atoms with E-state index in [0.29, 0.717) is 16.7 Å². The van der Waals surface area contributed by atoms with Gasteiger partial charge in [0.05, 0.1) is 0 Å². The molecule has 0 aromatic heterocycles. The molecule has 0 heterocycles. The zero-order valence-electron chi connectivity index (χ0n) is 12.3. The average molecular weight is 292 g/mol. The molecule has 0 N–H and O–H groups in total. The largest absolute Gasteiger partial charge is 0.374 e. The summed E-state index contributed by atoms with van der Waals surface area (Å²) in [7, 11) is 3.05. The van der Waals surface area contributed by atoms with E-state index in [0.717, 1.165) is 0 Å². The van der Waals surface area contributed by atoms with Crippen LogP contribution in [0, 0.1) is 18.6 Å². The molecule has 0 aliphatic heterocycles. The fourth-order valence-electron chi connectivity index (χ4n) is 2.46. The first-order valence-corrected chi connectivity index (χ1v) is 6.64. The number of methoxy groups -OCH3 is 2. The number of ether oxygens (including phenoxy) is 2. The van der Waals surface area contributed by atoms with E-state index in [2.05, 4.69) is 0 Å². The molecule has 0 saturated carbocycles. The monoisotopic (exact) mass is 292 g/mol. The zero-order chi connectivity index (χ0) is 15.4. The van der Waals surface area contributed by atoms with Gasteiger partial charge in [-0.3, -0.25) is 0 Å². The molecule has 112 valence electrons. The van der Waals surface area contributed by atoms with Crippen LogP contribution in [-0.2, 0) is 9.47 Å². The maximum absolute atomic E-state index is 13.8. The van der Waals surface area contributed by atoms with Gasteiger partial charge in [0.25, 0.3) is 0 Å². The maximum Gasteiger partial charge on any atom is 0.126 e. The Morgan fingerprint density at radius 3 is 2.19 bits per heavy atom. The zero-order valence-corrected chi connectivity index (χ0v) is 12.3. The van der Waals surface area contributed by atoms with Crippen LogP contribution in [0.1, 0.15) is 28.9 Å². The third-order valence-electron chi connectivity index (χ3n) is 3.58. The SMILES string of the molecule is CO[C@H](c1cccc(F)c1)[C@H](OC)c1cccc(F)c1C. The summed E-state index contributed by atoms with van der Waals surface area (Å²) in [6.45, 7) is 1.69. The van der Waals surface area contributed by atoms with Gasteiger partial charge >= 0.3 is 0 Å². The molecule has 0 amide bonds. The van der Waals surface area contributed by atoms with Crippen LogP contribution in [0.5, 0.6) is 0 Å². The summed E-state index contributed by atoms with van der Waals surface area (Å²) in [5.41, 5.74) is 1.84. The van der Waals surface area contributed by atoms with Crippen LogP contribution in [0.2, 0.25) is 0 Å². The smallest absolute Gasteiger partial charge is 0.126 e. The molecule has 4 heteroatoms. The third kappa shape index (κ3) is 3.28. The molecule has 0 saturated heterocycles. The number of halogens is 2. The molecule has 2 aromatic rings. The normalized spacial score (nSPS) is 14.0. The topological polar surface area (TPSA) is 18.5 Å². The first kappa shape index (κ1) is 15.6. The molecule has 21 heavy (non-hydrogen) atoms. The van der Waals surface area contributed by atoms with E-state index in [4.69, 9.17) is 9.47 Å². The van der Waals surface area contributed by atoms with Gasteiger partial charge in [-0.05, 0) is 41.8 Å². The van der Waals surface area contributed by atoms with Gasteiger partial charge in [-0.1, -0.05) is 24.3 Å². The van der Waals surface area contributed by atoms with Gasteiger partial charge < -0.3 is 9.47 Å². The van der Waals surface area contributed by atoms with Crippen LogP contribution in [0.3, 0.4) is 0 Å². The van der Waals surface area contributed by atoms with Crippen molar-refractivity contribution in [3.05, 3.63) is 70.8 Å². The summed E-state index contributed by atoms with van der Waals surface area (Å²) < 4.78 is 38.2. The van der Waals surface area contributed by atoms with Crippen LogP contribution in [-0.4, -0.2) is 14.2 Å². The molecule has 0 bridgehead atoms. The van der Waals surface area contributed by atoms with Gasteiger partial charge in [-0.15, -0.1) is 0 Å². The minimum atomic E-state index is -0.522. The highest BCUT2D eigenvalue weighted by molar-refractivity contribution is 5.32. The number of hydrogen-bond acceptors (Lipinski definition) is 2. The quantitative estimate of drug-likeness (QED) is 0.815. The van der Waals surface area contributed by atoms with E-state index in [1.807, 2.05) is 0 Å². The predicted octanol–water partition coefficient (Wildman–Crippen LogP) is 4.35. The standard InChI is InChI=1S/C17H18F2O2/c1-11-14(8-5-9-15(11)19)17(21-3)16(20-2)12-6-4-7-13(18)10-12/h4-10,16-17H,1-3H3/t16-,17-/m1/s1. The molecule has 0 aliphatic rings. The van der Waals surface area contributed by atoms with Crippen LogP contribution >= 0.6 is 0 Å². The van der Waals surface area contributed by atoms with E-state index in [1.165, 1.54) is 32.4 Å². The van der Waals surface area contributed by atoms with Crippen molar-refractivity contribution in [2.45, 2.75) is 19.1 Å². The Labute approximate surface area is 123 Å². The summed E-state index contributed by atoms with van der Waals surface area (Å²) >= 11 is 0. The number of benzene rings is 2. The predicted molar refractivity (Wildman–Crippen MR) is 77.0 cm³/mol. The second kappa shape index (κ2) is 6.78. The lowest BCUT2D eigenvalue weighted by Crippen LogP contribution is -2.17. The van der Waals surface area contributed by atoms with E-state index in [9.17, 15) is 8.78 Å². The van der Waals surface area contributed by atoms with Gasteiger partial charge in [0, 0.05) is 14.2 Å². The van der Waals surface area contributed by atoms with Gasteiger partial charge in [0.1, 0.15) is 23.8 Å². The lowest BCUT2D eigenvalue weighted by Gasteiger charge is -2.27. The van der Waals surface area contributed by atoms with Gasteiger partial charge in [-0.25, -0.2) is 8.78 Å². The molecular weight excluding hydrogens is 274 g/mol. The Hall–Kier alpha value is -1.78.